The van der Waals surface area contributed by atoms with E-state index in [-0.39, 0.29) is 6.04 Å². The molecule has 3 aromatic rings. The molecule has 35 heavy (non-hydrogen) atoms. The Balaban J connectivity index is 1.51. The Hall–Kier alpha value is -4.37. The third-order valence-electron chi connectivity index (χ3n) is 6.94. The molecule has 3 heterocycles. The quantitative estimate of drug-likeness (QED) is 0.432. The van der Waals surface area contributed by atoms with Gasteiger partial charge in [0.1, 0.15) is 5.82 Å². The van der Waals surface area contributed by atoms with Crippen LogP contribution in [0.25, 0.3) is 11.6 Å². The van der Waals surface area contributed by atoms with Gasteiger partial charge in [-0.05, 0) is 71.0 Å². The molecule has 3 aliphatic rings. The fourth-order valence-electron chi connectivity index (χ4n) is 5.30. The predicted octanol–water partition coefficient (Wildman–Crippen LogP) is 8.14. The largest absolute Gasteiger partial charge is 0.374 e. The van der Waals surface area contributed by atoms with Gasteiger partial charge in [-0.15, -0.1) is 0 Å². The lowest BCUT2D eigenvalue weighted by atomic mass is 9.90. The SMILES string of the molecule is C=CC1=C(C=C)c2ccccc2N(c2cc(C3C=Cc4ccccc4N3)ccn2)C2=C1CCC=C2. The van der Waals surface area contributed by atoms with Crippen LogP contribution in [-0.4, -0.2) is 4.98 Å². The number of hydrogen-bond acceptors (Lipinski definition) is 3. The zero-order chi connectivity index (χ0) is 23.8. The number of aromatic nitrogens is 1. The number of nitrogens with zero attached hydrogens (tertiary/aromatic N) is 2. The third-order valence-corrected chi connectivity index (χ3v) is 6.94. The average Bonchev–Trinajstić information content (AvgIpc) is 3.04. The first kappa shape index (κ1) is 21.2. The molecule has 1 N–H and O–H groups in total. The minimum Gasteiger partial charge on any atom is -0.374 e. The van der Waals surface area contributed by atoms with Crippen molar-refractivity contribution in [1.82, 2.24) is 4.98 Å². The second-order valence-electron chi connectivity index (χ2n) is 8.91. The van der Waals surface area contributed by atoms with Gasteiger partial charge in [-0.25, -0.2) is 4.98 Å². The second-order valence-corrected chi connectivity index (χ2v) is 8.91. The molecule has 0 radical (unpaired) electrons. The lowest BCUT2D eigenvalue weighted by molar-refractivity contribution is 0.933. The van der Waals surface area contributed by atoms with Crippen molar-refractivity contribution in [2.24, 2.45) is 0 Å². The number of fused-ring (bicyclic) bond motifs is 2. The minimum atomic E-state index is 0.0785. The van der Waals surface area contributed by atoms with Gasteiger partial charge in [0.25, 0.3) is 0 Å². The summed E-state index contributed by atoms with van der Waals surface area (Å²) in [6, 6.07) is 21.3. The topological polar surface area (TPSA) is 28.2 Å². The number of rotatable bonds is 4. The molecule has 3 nitrogen and oxygen atoms in total. The highest BCUT2D eigenvalue weighted by Gasteiger charge is 2.28. The first-order chi connectivity index (χ1) is 17.3. The number of hydrogen-bond donors (Lipinski definition) is 1. The van der Waals surface area contributed by atoms with Crippen molar-refractivity contribution >= 4 is 28.8 Å². The van der Waals surface area contributed by atoms with Gasteiger partial charge in [0.2, 0.25) is 0 Å². The van der Waals surface area contributed by atoms with E-state index in [0.717, 1.165) is 52.4 Å². The fourth-order valence-corrected chi connectivity index (χ4v) is 5.30. The number of benzene rings is 2. The summed E-state index contributed by atoms with van der Waals surface area (Å²) in [5.74, 6) is 0.900. The van der Waals surface area contributed by atoms with Crippen molar-refractivity contribution in [1.29, 1.82) is 0 Å². The van der Waals surface area contributed by atoms with Gasteiger partial charge in [-0.2, -0.15) is 0 Å². The fraction of sp³-hybridized carbons (Fsp3) is 0.0938. The van der Waals surface area contributed by atoms with E-state index < -0.39 is 0 Å². The van der Waals surface area contributed by atoms with Crippen LogP contribution in [0.3, 0.4) is 0 Å². The molecule has 0 saturated heterocycles. The van der Waals surface area contributed by atoms with Gasteiger partial charge in [0.05, 0.1) is 17.4 Å². The standard InChI is InChI=1S/C32H27N3/c1-3-24-25(4-2)27-13-7-10-16-31(27)35(30-15-9-6-12-26(24)30)32-21-23(19-20-33-32)29-18-17-22-11-5-8-14-28(22)34-29/h3-6,8-12,14-21,29,34H,1-2,7,13H2. The molecule has 6 rings (SSSR count). The van der Waals surface area contributed by atoms with E-state index in [4.69, 9.17) is 4.98 Å². The van der Waals surface area contributed by atoms with Crippen LogP contribution in [0.2, 0.25) is 0 Å². The molecule has 0 saturated carbocycles. The van der Waals surface area contributed by atoms with Gasteiger partial charge < -0.3 is 5.32 Å². The number of nitrogens with one attached hydrogen (secondary N) is 1. The summed E-state index contributed by atoms with van der Waals surface area (Å²) in [5.41, 5.74) is 10.5. The van der Waals surface area contributed by atoms with E-state index in [2.05, 4.69) is 108 Å². The summed E-state index contributed by atoms with van der Waals surface area (Å²) in [6.07, 6.45) is 16.7. The maximum Gasteiger partial charge on any atom is 0.137 e. The molecule has 1 atom stereocenters. The van der Waals surface area contributed by atoms with Crippen molar-refractivity contribution in [3.05, 3.63) is 144 Å². The highest BCUT2D eigenvalue weighted by atomic mass is 15.2. The Labute approximate surface area is 206 Å². The molecule has 0 amide bonds. The van der Waals surface area contributed by atoms with E-state index in [1.165, 1.54) is 16.7 Å². The molecule has 1 unspecified atom stereocenters. The van der Waals surface area contributed by atoms with Crippen LogP contribution in [0.15, 0.2) is 127 Å². The van der Waals surface area contributed by atoms with Gasteiger partial charge in [-0.1, -0.05) is 79.9 Å². The van der Waals surface area contributed by atoms with E-state index in [1.54, 1.807) is 0 Å². The molecular weight excluding hydrogens is 426 g/mol. The highest BCUT2D eigenvalue weighted by molar-refractivity contribution is 5.93. The van der Waals surface area contributed by atoms with E-state index in [0.29, 0.717) is 0 Å². The summed E-state index contributed by atoms with van der Waals surface area (Å²) in [5, 5.41) is 3.67. The summed E-state index contributed by atoms with van der Waals surface area (Å²) in [6.45, 7) is 8.32. The van der Waals surface area contributed by atoms with Crippen LogP contribution < -0.4 is 10.2 Å². The smallest absolute Gasteiger partial charge is 0.137 e. The number of allylic oxidation sites excluding steroid dienone is 7. The van der Waals surface area contributed by atoms with Crippen LogP contribution >= 0.6 is 0 Å². The lowest BCUT2D eigenvalue weighted by Gasteiger charge is -2.30. The molecule has 3 heteroatoms. The average molecular weight is 454 g/mol. The maximum atomic E-state index is 4.87. The van der Waals surface area contributed by atoms with Crippen LogP contribution in [0.4, 0.5) is 17.2 Å². The Morgan fingerprint density at radius 2 is 1.77 bits per heavy atom. The molecule has 0 fully saturated rings. The highest BCUT2D eigenvalue weighted by Crippen LogP contribution is 2.45. The van der Waals surface area contributed by atoms with Crippen LogP contribution in [0.1, 0.15) is 35.6 Å². The second kappa shape index (κ2) is 8.77. The molecule has 0 spiro atoms. The maximum absolute atomic E-state index is 4.87. The molecule has 0 bridgehead atoms. The molecule has 1 aromatic heterocycles. The van der Waals surface area contributed by atoms with Gasteiger partial charge >= 0.3 is 0 Å². The number of pyridine rings is 1. The zero-order valence-electron chi connectivity index (χ0n) is 19.6. The van der Waals surface area contributed by atoms with Crippen LogP contribution in [0, 0.1) is 0 Å². The first-order valence-electron chi connectivity index (χ1n) is 12.1. The summed E-state index contributed by atoms with van der Waals surface area (Å²) in [7, 11) is 0. The van der Waals surface area contributed by atoms with Gasteiger partial charge in [0, 0.05) is 17.4 Å². The minimum absolute atomic E-state index is 0.0785. The van der Waals surface area contributed by atoms with Crippen molar-refractivity contribution < 1.29 is 0 Å². The van der Waals surface area contributed by atoms with Gasteiger partial charge in [0.15, 0.2) is 0 Å². The number of para-hydroxylation sites is 2. The molecular formula is C32H27N3. The lowest BCUT2D eigenvalue weighted by Crippen LogP contribution is -2.20. The Kier molecular flexibility index (Phi) is 5.31. The molecule has 2 aromatic carbocycles. The molecule has 2 aliphatic heterocycles. The van der Waals surface area contributed by atoms with Crippen molar-refractivity contribution in [2.75, 3.05) is 10.2 Å². The number of anilines is 3. The van der Waals surface area contributed by atoms with E-state index in [9.17, 15) is 0 Å². The summed E-state index contributed by atoms with van der Waals surface area (Å²) >= 11 is 0. The summed E-state index contributed by atoms with van der Waals surface area (Å²) < 4.78 is 0. The normalized spacial score (nSPS) is 18.3. The van der Waals surface area contributed by atoms with E-state index >= 15 is 0 Å². The zero-order valence-corrected chi connectivity index (χ0v) is 19.6. The third kappa shape index (κ3) is 3.57. The van der Waals surface area contributed by atoms with Crippen molar-refractivity contribution in [3.8, 4) is 0 Å². The van der Waals surface area contributed by atoms with Gasteiger partial charge in [-0.3, -0.25) is 4.90 Å². The Bertz CT molecular complexity index is 1470. The summed E-state index contributed by atoms with van der Waals surface area (Å²) in [4.78, 5) is 7.17. The molecule has 1 aliphatic carbocycles. The first-order valence-corrected chi connectivity index (χ1v) is 12.1. The van der Waals surface area contributed by atoms with Crippen LogP contribution in [0.5, 0.6) is 0 Å². The monoisotopic (exact) mass is 453 g/mol. The van der Waals surface area contributed by atoms with Crippen molar-refractivity contribution in [2.45, 2.75) is 18.9 Å². The Morgan fingerprint density at radius 1 is 0.943 bits per heavy atom. The Morgan fingerprint density at radius 3 is 2.66 bits per heavy atom. The van der Waals surface area contributed by atoms with E-state index in [1.807, 2.05) is 18.3 Å². The van der Waals surface area contributed by atoms with Crippen molar-refractivity contribution in [3.63, 3.8) is 0 Å². The van der Waals surface area contributed by atoms with Crippen LogP contribution in [-0.2, 0) is 0 Å². The predicted molar refractivity (Wildman–Crippen MR) is 147 cm³/mol. The molecule has 170 valence electrons.